The molecule has 0 fully saturated rings. The van der Waals surface area contributed by atoms with E-state index in [0.717, 1.165) is 11.6 Å². The summed E-state index contributed by atoms with van der Waals surface area (Å²) in [5, 5.41) is 11.8. The molecule has 1 aliphatic heterocycles. The number of carbonyl (C=O) groups excluding carboxylic acids is 1. The van der Waals surface area contributed by atoms with Gasteiger partial charge in [-0.15, -0.1) is 0 Å². The summed E-state index contributed by atoms with van der Waals surface area (Å²) in [6, 6.07) is 17.6. The molecule has 0 saturated carbocycles. The maximum atomic E-state index is 14.2. The Labute approximate surface area is 205 Å². The predicted molar refractivity (Wildman–Crippen MR) is 133 cm³/mol. The fourth-order valence-corrected chi connectivity index (χ4v) is 4.42. The largest absolute Gasteiger partial charge is 0.330 e. The standard InChI is InChI=1S/C22H17ClFN5O3S2/c23-15-11-18-14(10-16(15)24)20(21(30)29(18)12-13-6-2-1-3-7-13)27-28-22(33)26-17-8-4-5-9-19(17)34(25,31)32/h1-11H,12H2,(H2,25,31,32)(H2,26,28,33). The highest BCUT2D eigenvalue weighted by Crippen LogP contribution is 2.34. The van der Waals surface area contributed by atoms with Gasteiger partial charge in [-0.05, 0) is 42.0 Å². The van der Waals surface area contributed by atoms with Crippen LogP contribution in [0, 0.1) is 5.82 Å². The molecule has 174 valence electrons. The number of fused-ring (bicyclic) bond motifs is 1. The number of sulfonamides is 1. The molecule has 4 rings (SSSR count). The van der Waals surface area contributed by atoms with Gasteiger partial charge >= 0.3 is 0 Å². The van der Waals surface area contributed by atoms with E-state index in [-0.39, 0.29) is 38.5 Å². The molecule has 0 unspecified atom stereocenters. The Morgan fingerprint density at radius 1 is 1.12 bits per heavy atom. The van der Waals surface area contributed by atoms with Crippen LogP contribution in [0.4, 0.5) is 15.8 Å². The number of rotatable bonds is 5. The van der Waals surface area contributed by atoms with Crippen molar-refractivity contribution in [2.45, 2.75) is 11.4 Å². The molecule has 0 atom stereocenters. The van der Waals surface area contributed by atoms with E-state index in [0.29, 0.717) is 5.69 Å². The van der Waals surface area contributed by atoms with Crippen LogP contribution in [-0.4, -0.2) is 25.1 Å². The van der Waals surface area contributed by atoms with Crippen molar-refractivity contribution in [1.82, 2.24) is 5.43 Å². The molecule has 4 N–H and O–H groups in total. The van der Waals surface area contributed by atoms with Crippen molar-refractivity contribution in [1.29, 1.82) is 0 Å². The number of hydrogen-bond donors (Lipinski definition) is 3. The van der Waals surface area contributed by atoms with Gasteiger partial charge in [0.05, 0.1) is 22.9 Å². The molecule has 34 heavy (non-hydrogen) atoms. The summed E-state index contributed by atoms with van der Waals surface area (Å²) in [6.07, 6.45) is 0. The van der Waals surface area contributed by atoms with Gasteiger partial charge in [0.2, 0.25) is 10.0 Å². The summed E-state index contributed by atoms with van der Waals surface area (Å²) in [4.78, 5) is 14.4. The van der Waals surface area contributed by atoms with Crippen LogP contribution in [-0.2, 0) is 21.4 Å². The monoisotopic (exact) mass is 517 g/mol. The molecule has 0 saturated heterocycles. The molecule has 0 spiro atoms. The van der Waals surface area contributed by atoms with Crippen LogP contribution in [0.25, 0.3) is 0 Å². The average Bonchev–Trinajstić information content (AvgIpc) is 3.03. The predicted octanol–water partition coefficient (Wildman–Crippen LogP) is 3.36. The number of primary sulfonamides is 1. The molecule has 0 aromatic heterocycles. The van der Waals surface area contributed by atoms with Crippen LogP contribution >= 0.6 is 23.8 Å². The first kappa shape index (κ1) is 23.8. The van der Waals surface area contributed by atoms with Crippen LogP contribution in [0.5, 0.6) is 0 Å². The number of nitrogens with two attached hydrogens (primary N) is 1. The third kappa shape index (κ3) is 4.92. The SMILES string of the molecule is NS(=O)(=O)c1ccccc1NC(=S)NN=C1C(=O)N(Cc2ccccc2)c2cc(Cl)c(F)cc21. The summed E-state index contributed by atoms with van der Waals surface area (Å²) in [7, 11) is -4.01. The average molecular weight is 518 g/mol. The molecular formula is C22H17ClFN5O3S2. The molecule has 0 aliphatic carbocycles. The number of halogens is 2. The summed E-state index contributed by atoms with van der Waals surface area (Å²) < 4.78 is 37.8. The third-order valence-electron chi connectivity index (χ3n) is 4.93. The van der Waals surface area contributed by atoms with Crippen molar-refractivity contribution in [3.8, 4) is 0 Å². The molecule has 1 heterocycles. The Morgan fingerprint density at radius 2 is 1.79 bits per heavy atom. The highest BCUT2D eigenvalue weighted by atomic mass is 35.5. The van der Waals surface area contributed by atoms with E-state index in [1.54, 1.807) is 6.07 Å². The summed E-state index contributed by atoms with van der Waals surface area (Å²) in [5.74, 6) is -1.19. The summed E-state index contributed by atoms with van der Waals surface area (Å²) >= 11 is 11.2. The number of amides is 1. The number of thiocarbonyl (C=S) groups is 1. The number of nitrogens with zero attached hydrogens (tertiary/aromatic N) is 2. The van der Waals surface area contributed by atoms with Crippen molar-refractivity contribution in [3.05, 3.63) is 88.7 Å². The van der Waals surface area contributed by atoms with Crippen molar-refractivity contribution in [2.75, 3.05) is 10.2 Å². The van der Waals surface area contributed by atoms with Crippen molar-refractivity contribution in [2.24, 2.45) is 10.2 Å². The highest BCUT2D eigenvalue weighted by molar-refractivity contribution is 7.89. The zero-order valence-electron chi connectivity index (χ0n) is 17.3. The van der Waals surface area contributed by atoms with E-state index in [2.05, 4.69) is 15.8 Å². The van der Waals surface area contributed by atoms with Gasteiger partial charge in [-0.2, -0.15) is 5.10 Å². The number of benzene rings is 3. The summed E-state index contributed by atoms with van der Waals surface area (Å²) in [5.41, 5.74) is 4.06. The van der Waals surface area contributed by atoms with Gasteiger partial charge in [0.25, 0.3) is 5.91 Å². The maximum absolute atomic E-state index is 14.2. The van der Waals surface area contributed by atoms with Gasteiger partial charge in [0, 0.05) is 5.56 Å². The minimum atomic E-state index is -4.01. The lowest BCUT2D eigenvalue weighted by molar-refractivity contribution is -0.112. The number of hydrogen-bond acceptors (Lipinski definition) is 5. The zero-order valence-corrected chi connectivity index (χ0v) is 19.7. The number of anilines is 2. The maximum Gasteiger partial charge on any atom is 0.279 e. The zero-order chi connectivity index (χ0) is 24.5. The van der Waals surface area contributed by atoms with Crippen LogP contribution in [0.2, 0.25) is 5.02 Å². The topological polar surface area (TPSA) is 117 Å². The number of nitrogens with one attached hydrogen (secondary N) is 2. The molecular weight excluding hydrogens is 501 g/mol. The lowest BCUT2D eigenvalue weighted by Gasteiger charge is -2.17. The first-order chi connectivity index (χ1) is 16.1. The lowest BCUT2D eigenvalue weighted by atomic mass is 10.1. The van der Waals surface area contributed by atoms with Crippen molar-refractivity contribution in [3.63, 3.8) is 0 Å². The first-order valence-corrected chi connectivity index (χ1v) is 12.1. The Bertz CT molecular complexity index is 1430. The van der Waals surface area contributed by atoms with Crippen molar-refractivity contribution < 1.29 is 17.6 Å². The van der Waals surface area contributed by atoms with Gasteiger partial charge < -0.3 is 10.2 Å². The second kappa shape index (κ2) is 9.47. The minimum absolute atomic E-state index is 0.0784. The highest BCUT2D eigenvalue weighted by Gasteiger charge is 2.35. The van der Waals surface area contributed by atoms with E-state index in [1.807, 2.05) is 30.3 Å². The van der Waals surface area contributed by atoms with E-state index in [4.69, 9.17) is 29.0 Å². The smallest absolute Gasteiger partial charge is 0.279 e. The molecule has 0 radical (unpaired) electrons. The second-order valence-electron chi connectivity index (χ2n) is 7.23. The third-order valence-corrected chi connectivity index (χ3v) is 6.38. The van der Waals surface area contributed by atoms with Gasteiger partial charge in [-0.1, -0.05) is 54.1 Å². The fraction of sp³-hybridized carbons (Fsp3) is 0.0455. The van der Waals surface area contributed by atoms with Crippen LogP contribution in [0.3, 0.4) is 0 Å². The van der Waals surface area contributed by atoms with Gasteiger partial charge in [-0.25, -0.2) is 17.9 Å². The second-order valence-corrected chi connectivity index (χ2v) is 9.57. The van der Waals surface area contributed by atoms with E-state index < -0.39 is 21.7 Å². The first-order valence-electron chi connectivity index (χ1n) is 9.77. The van der Waals surface area contributed by atoms with E-state index in [9.17, 15) is 17.6 Å². The number of carbonyl (C=O) groups is 1. The molecule has 3 aromatic rings. The Morgan fingerprint density at radius 3 is 2.50 bits per heavy atom. The Hall–Kier alpha value is -3.38. The van der Waals surface area contributed by atoms with Crippen molar-refractivity contribution >= 4 is 61.9 Å². The van der Waals surface area contributed by atoms with Crippen LogP contribution < -0.4 is 20.8 Å². The molecule has 3 aromatic carbocycles. The van der Waals surface area contributed by atoms with Crippen LogP contribution in [0.1, 0.15) is 11.1 Å². The fourth-order valence-electron chi connectivity index (χ4n) is 3.41. The van der Waals surface area contributed by atoms with E-state index >= 15 is 0 Å². The Kier molecular flexibility index (Phi) is 6.62. The number of para-hydroxylation sites is 1. The molecule has 1 amide bonds. The van der Waals surface area contributed by atoms with Gasteiger partial charge in [0.1, 0.15) is 10.7 Å². The van der Waals surface area contributed by atoms with E-state index in [1.165, 1.54) is 29.2 Å². The lowest BCUT2D eigenvalue weighted by Crippen LogP contribution is -2.32. The number of hydrazone groups is 1. The molecule has 1 aliphatic rings. The quantitative estimate of drug-likeness (QED) is 0.353. The molecule has 12 heteroatoms. The summed E-state index contributed by atoms with van der Waals surface area (Å²) in [6.45, 7) is 0.220. The van der Waals surface area contributed by atoms with Gasteiger partial charge in [0.15, 0.2) is 10.8 Å². The molecule has 8 nitrogen and oxygen atoms in total. The Balaban J connectivity index is 1.62. The van der Waals surface area contributed by atoms with Crippen LogP contribution in [0.15, 0.2) is 76.7 Å². The molecule has 0 bridgehead atoms. The van der Waals surface area contributed by atoms with Gasteiger partial charge in [-0.3, -0.25) is 10.2 Å². The minimum Gasteiger partial charge on any atom is -0.330 e. The normalized spacial score (nSPS) is 14.3.